The standard InChI is InChI=1S/C42H60O10/c1-41(2,3)31-28-33-38(40(47)52-39(33)34(29-31)42(4,5)6)30-19-21-32(22-20-30)48-26-27-50-37(51-36(46)17-10-9-14-24-44)18-12-11-16-35(45)49-25-15-8-7-13-23-43/h19-23,28-29,37-38,44H,7-18,24-27H2,1-6H3. The van der Waals surface area contributed by atoms with Crippen molar-refractivity contribution in [3.8, 4) is 11.5 Å². The van der Waals surface area contributed by atoms with Crippen molar-refractivity contribution in [2.45, 2.75) is 142 Å². The van der Waals surface area contributed by atoms with Crippen molar-refractivity contribution in [2.24, 2.45) is 0 Å². The quantitative estimate of drug-likeness (QED) is 0.0395. The van der Waals surface area contributed by atoms with Crippen molar-refractivity contribution in [3.05, 3.63) is 58.7 Å². The van der Waals surface area contributed by atoms with Crippen molar-refractivity contribution < 1.29 is 48.0 Å². The summed E-state index contributed by atoms with van der Waals surface area (Å²) in [6.07, 6.45) is 7.06. The van der Waals surface area contributed by atoms with E-state index in [-0.39, 0.29) is 61.4 Å². The van der Waals surface area contributed by atoms with Crippen LogP contribution in [0.25, 0.3) is 0 Å². The van der Waals surface area contributed by atoms with Crippen LogP contribution in [0.1, 0.15) is 147 Å². The Labute approximate surface area is 309 Å². The maximum atomic E-state index is 13.3. The number of aldehydes is 1. The smallest absolute Gasteiger partial charge is 0.323 e. The molecule has 52 heavy (non-hydrogen) atoms. The van der Waals surface area contributed by atoms with E-state index in [4.69, 9.17) is 28.8 Å². The topological polar surface area (TPSA) is 135 Å². The molecular weight excluding hydrogens is 664 g/mol. The van der Waals surface area contributed by atoms with Crippen LogP contribution in [0.4, 0.5) is 0 Å². The number of carbonyl (C=O) groups excluding carboxylic acids is 4. The van der Waals surface area contributed by atoms with Gasteiger partial charge in [-0.1, -0.05) is 72.2 Å². The zero-order valence-corrected chi connectivity index (χ0v) is 32.1. The maximum absolute atomic E-state index is 13.3. The highest BCUT2D eigenvalue weighted by Crippen LogP contribution is 2.47. The summed E-state index contributed by atoms with van der Waals surface area (Å²) < 4.78 is 28.6. The average molecular weight is 725 g/mol. The Bertz CT molecular complexity index is 1430. The summed E-state index contributed by atoms with van der Waals surface area (Å²) in [5.41, 5.74) is 3.58. The number of aliphatic hydroxyl groups is 1. The normalized spacial score (nSPS) is 14.8. The first kappa shape index (κ1) is 42.7. The first-order chi connectivity index (χ1) is 24.7. The lowest BCUT2D eigenvalue weighted by molar-refractivity contribution is -0.182. The maximum Gasteiger partial charge on any atom is 0.323 e. The van der Waals surface area contributed by atoms with Crippen molar-refractivity contribution >= 4 is 24.2 Å². The van der Waals surface area contributed by atoms with E-state index in [1.54, 1.807) is 0 Å². The van der Waals surface area contributed by atoms with Gasteiger partial charge in [0.05, 0.1) is 13.2 Å². The molecule has 1 heterocycles. The van der Waals surface area contributed by atoms with Gasteiger partial charge < -0.3 is 33.6 Å². The van der Waals surface area contributed by atoms with Gasteiger partial charge in [0.15, 0.2) is 0 Å². The molecule has 0 saturated carbocycles. The number of hydrogen-bond acceptors (Lipinski definition) is 10. The predicted molar refractivity (Wildman–Crippen MR) is 199 cm³/mol. The van der Waals surface area contributed by atoms with Crippen LogP contribution < -0.4 is 9.47 Å². The second kappa shape index (κ2) is 21.1. The summed E-state index contributed by atoms with van der Waals surface area (Å²) in [4.78, 5) is 48.2. The lowest BCUT2D eigenvalue weighted by atomic mass is 9.77. The molecule has 1 aliphatic heterocycles. The van der Waals surface area contributed by atoms with Gasteiger partial charge >= 0.3 is 17.9 Å². The Kier molecular flexibility index (Phi) is 17.3. The molecule has 288 valence electrons. The van der Waals surface area contributed by atoms with Gasteiger partial charge in [0.1, 0.15) is 30.3 Å². The van der Waals surface area contributed by atoms with Gasteiger partial charge in [-0.2, -0.15) is 0 Å². The van der Waals surface area contributed by atoms with Gasteiger partial charge in [-0.05, 0) is 79.0 Å². The van der Waals surface area contributed by atoms with Crippen molar-refractivity contribution in [2.75, 3.05) is 26.4 Å². The third kappa shape index (κ3) is 14.0. The summed E-state index contributed by atoms with van der Waals surface area (Å²) in [5.74, 6) is -0.196. The number of esters is 3. The first-order valence-corrected chi connectivity index (χ1v) is 18.9. The van der Waals surface area contributed by atoms with E-state index in [9.17, 15) is 19.2 Å². The molecule has 2 unspecified atom stereocenters. The van der Waals surface area contributed by atoms with E-state index in [2.05, 4.69) is 53.7 Å². The molecule has 0 amide bonds. The fourth-order valence-corrected chi connectivity index (χ4v) is 5.95. The minimum atomic E-state index is -0.783. The average Bonchev–Trinajstić information content (AvgIpc) is 3.42. The predicted octanol–water partition coefficient (Wildman–Crippen LogP) is 8.01. The molecule has 0 aliphatic carbocycles. The van der Waals surface area contributed by atoms with Gasteiger partial charge in [-0.3, -0.25) is 14.4 Å². The third-order valence-corrected chi connectivity index (χ3v) is 9.01. The number of fused-ring (bicyclic) bond motifs is 1. The van der Waals surface area contributed by atoms with Crippen LogP contribution in [0.2, 0.25) is 0 Å². The zero-order valence-electron chi connectivity index (χ0n) is 32.1. The molecule has 0 radical (unpaired) electrons. The largest absolute Gasteiger partial charge is 0.491 e. The zero-order chi connectivity index (χ0) is 38.1. The Morgan fingerprint density at radius 1 is 0.827 bits per heavy atom. The van der Waals surface area contributed by atoms with E-state index >= 15 is 0 Å². The number of carbonyl (C=O) groups is 4. The Balaban J connectivity index is 1.54. The Morgan fingerprint density at radius 3 is 2.19 bits per heavy atom. The number of rotatable bonds is 23. The molecule has 2 atom stereocenters. The number of aliphatic hydroxyl groups excluding tert-OH is 1. The van der Waals surface area contributed by atoms with Crippen molar-refractivity contribution in [3.63, 3.8) is 0 Å². The number of hydrogen-bond donors (Lipinski definition) is 1. The van der Waals surface area contributed by atoms with Gasteiger partial charge in [-0.25, -0.2) is 0 Å². The van der Waals surface area contributed by atoms with E-state index in [0.717, 1.165) is 54.2 Å². The Morgan fingerprint density at radius 2 is 1.52 bits per heavy atom. The highest BCUT2D eigenvalue weighted by molar-refractivity contribution is 5.90. The van der Waals surface area contributed by atoms with Crippen LogP contribution in [0, 0.1) is 0 Å². The monoisotopic (exact) mass is 724 g/mol. The lowest BCUT2D eigenvalue weighted by Crippen LogP contribution is -2.24. The number of unbranched alkanes of at least 4 members (excludes halogenated alkanes) is 6. The molecule has 0 saturated heterocycles. The van der Waals surface area contributed by atoms with Crippen molar-refractivity contribution in [1.82, 2.24) is 0 Å². The molecule has 0 aromatic heterocycles. The van der Waals surface area contributed by atoms with Gasteiger partial charge in [0.2, 0.25) is 6.29 Å². The van der Waals surface area contributed by atoms with E-state index in [1.165, 1.54) is 0 Å². The molecule has 1 N–H and O–H groups in total. The summed E-state index contributed by atoms with van der Waals surface area (Å²) in [6.45, 7) is 13.7. The highest BCUT2D eigenvalue weighted by Gasteiger charge is 2.39. The summed E-state index contributed by atoms with van der Waals surface area (Å²) >= 11 is 0. The van der Waals surface area contributed by atoms with Crippen LogP contribution in [-0.2, 0) is 44.2 Å². The molecule has 2 aromatic rings. The molecule has 2 aromatic carbocycles. The van der Waals surface area contributed by atoms with Gasteiger partial charge in [0, 0.05) is 43.4 Å². The van der Waals surface area contributed by atoms with E-state index in [0.29, 0.717) is 56.6 Å². The van der Waals surface area contributed by atoms with Crippen molar-refractivity contribution in [1.29, 1.82) is 0 Å². The summed E-state index contributed by atoms with van der Waals surface area (Å²) in [7, 11) is 0. The second-order valence-electron chi connectivity index (χ2n) is 15.5. The number of benzene rings is 2. The molecule has 0 bridgehead atoms. The minimum Gasteiger partial charge on any atom is -0.491 e. The fourth-order valence-electron chi connectivity index (χ4n) is 5.95. The summed E-state index contributed by atoms with van der Waals surface area (Å²) in [6, 6.07) is 11.7. The van der Waals surface area contributed by atoms with E-state index < -0.39 is 12.2 Å². The number of ether oxygens (including phenoxy) is 5. The molecule has 3 rings (SSSR count). The summed E-state index contributed by atoms with van der Waals surface area (Å²) in [5, 5.41) is 9.00. The van der Waals surface area contributed by atoms with Crippen LogP contribution in [-0.4, -0.2) is 62.0 Å². The van der Waals surface area contributed by atoms with Crippen LogP contribution in [0.5, 0.6) is 11.5 Å². The molecule has 0 spiro atoms. The lowest BCUT2D eigenvalue weighted by Gasteiger charge is -2.27. The first-order valence-electron chi connectivity index (χ1n) is 18.9. The SMILES string of the molecule is CC(C)(C)c1cc2c(c(C(C)(C)C)c1)OC(=O)C2c1ccc(OCCOC(CCCCC(=O)OCCCCCC=O)OC(=O)CCCCCO)cc1. The van der Waals surface area contributed by atoms with Crippen LogP contribution >= 0.6 is 0 Å². The third-order valence-electron chi connectivity index (χ3n) is 9.01. The van der Waals surface area contributed by atoms with Crippen LogP contribution in [0.3, 0.4) is 0 Å². The second-order valence-corrected chi connectivity index (χ2v) is 15.5. The van der Waals surface area contributed by atoms with Gasteiger partial charge in [-0.15, -0.1) is 0 Å². The molecule has 10 nitrogen and oxygen atoms in total. The van der Waals surface area contributed by atoms with Crippen LogP contribution in [0.15, 0.2) is 36.4 Å². The minimum absolute atomic E-state index is 0.0871. The molecular formula is C42H60O10. The Hall–Kier alpha value is -3.76. The van der Waals surface area contributed by atoms with Gasteiger partial charge in [0.25, 0.3) is 0 Å². The highest BCUT2D eigenvalue weighted by atomic mass is 16.7. The molecule has 1 aliphatic rings. The fraction of sp³-hybridized carbons (Fsp3) is 0.619. The van der Waals surface area contributed by atoms with E-state index in [1.807, 2.05) is 24.3 Å². The molecule has 0 fully saturated rings. The molecule has 10 heteroatoms.